The molecule has 5 heterocycles. The maximum Gasteiger partial charge on any atom is 0.333 e. The molecule has 0 radical (unpaired) electrons. The van der Waals surface area contributed by atoms with Gasteiger partial charge in [0.25, 0.3) is 0 Å². The van der Waals surface area contributed by atoms with Crippen LogP contribution in [0.25, 0.3) is 93.6 Å². The summed E-state index contributed by atoms with van der Waals surface area (Å²) >= 11 is 0. The molecular formula is C55H39BN2O2. The quantitative estimate of drug-likeness (QED) is 0.156. The normalized spacial score (nSPS) is 14.8. The zero-order valence-electron chi connectivity index (χ0n) is 34.1. The summed E-state index contributed by atoms with van der Waals surface area (Å²) in [5.41, 5.74) is 21.3. The van der Waals surface area contributed by atoms with E-state index in [1.165, 1.54) is 83.2 Å². The Morgan fingerprint density at radius 3 is 1.93 bits per heavy atom. The lowest BCUT2D eigenvalue weighted by Crippen LogP contribution is -2.60. The zero-order valence-corrected chi connectivity index (χ0v) is 34.1. The van der Waals surface area contributed by atoms with Gasteiger partial charge in [0, 0.05) is 66.4 Å². The Kier molecular flexibility index (Phi) is 5.92. The van der Waals surface area contributed by atoms with E-state index in [1.807, 2.05) is 0 Å². The molecule has 14 rings (SSSR count). The highest BCUT2D eigenvalue weighted by Crippen LogP contribution is 2.54. The molecule has 11 aromatic rings. The second kappa shape index (κ2) is 10.8. The maximum atomic E-state index is 6.73. The fourth-order valence-electron chi connectivity index (χ4n) is 11.4. The Morgan fingerprint density at radius 1 is 0.500 bits per heavy atom. The van der Waals surface area contributed by atoms with Crippen molar-refractivity contribution in [2.24, 2.45) is 0 Å². The number of hydrogen-bond acceptors (Lipinski definition) is 3. The van der Waals surface area contributed by atoms with Crippen LogP contribution in [0.4, 0.5) is 11.4 Å². The van der Waals surface area contributed by atoms with Crippen molar-refractivity contribution in [1.29, 1.82) is 0 Å². The summed E-state index contributed by atoms with van der Waals surface area (Å²) in [6.07, 6.45) is 0. The molecule has 0 spiro atoms. The molecule has 0 saturated heterocycles. The number of fused-ring (bicyclic) bond motifs is 17. The number of hydrogen-bond donors (Lipinski definition) is 0. The van der Waals surface area contributed by atoms with Gasteiger partial charge in [0.1, 0.15) is 22.3 Å². The largest absolute Gasteiger partial charge is 0.456 e. The number of nitrogens with zero attached hydrogens (tertiary/aromatic N) is 2. The highest BCUT2D eigenvalue weighted by molar-refractivity contribution is 6.94. The first-order valence-electron chi connectivity index (χ1n) is 21.2. The van der Waals surface area contributed by atoms with Gasteiger partial charge in [-0.05, 0) is 104 Å². The molecule has 284 valence electrons. The van der Waals surface area contributed by atoms with Crippen LogP contribution in [0.15, 0.2) is 154 Å². The van der Waals surface area contributed by atoms with Crippen LogP contribution in [0.5, 0.6) is 0 Å². The molecule has 0 bridgehead atoms. The second-order valence-corrected chi connectivity index (χ2v) is 18.9. The van der Waals surface area contributed by atoms with Gasteiger partial charge < -0.3 is 18.2 Å². The number of aromatic nitrogens is 1. The third-order valence-electron chi connectivity index (χ3n) is 14.3. The van der Waals surface area contributed by atoms with E-state index in [0.717, 1.165) is 49.4 Å². The predicted octanol–water partition coefficient (Wildman–Crippen LogP) is 13.4. The van der Waals surface area contributed by atoms with Crippen LogP contribution < -0.4 is 15.7 Å². The minimum Gasteiger partial charge on any atom is -0.456 e. The van der Waals surface area contributed by atoms with Gasteiger partial charge in [-0.25, -0.2) is 0 Å². The van der Waals surface area contributed by atoms with E-state index in [2.05, 4.69) is 190 Å². The van der Waals surface area contributed by atoms with Crippen LogP contribution in [0.3, 0.4) is 0 Å². The van der Waals surface area contributed by atoms with E-state index >= 15 is 0 Å². The van der Waals surface area contributed by atoms with Crippen LogP contribution >= 0.6 is 0 Å². The molecule has 4 nitrogen and oxygen atoms in total. The SMILES string of the molecule is CC(C)(C)c1ccc(N2B3c4cc5oc6ccccc6c5cc4-n4c5cc6oc7ccccc7c6cc5c5ccc(c3c54)-c3cc4c(cc32)C(C)(C)c2ccccc2-4)cc1. The number of benzene rings is 8. The predicted molar refractivity (Wildman–Crippen MR) is 251 cm³/mol. The van der Waals surface area contributed by atoms with Crippen LogP contribution in [-0.4, -0.2) is 11.4 Å². The lowest BCUT2D eigenvalue weighted by molar-refractivity contribution is 0.590. The number of rotatable bonds is 1. The Labute approximate surface area is 347 Å². The lowest BCUT2D eigenvalue weighted by atomic mass is 9.44. The highest BCUT2D eigenvalue weighted by atomic mass is 16.3. The number of para-hydroxylation sites is 2. The maximum absolute atomic E-state index is 6.73. The smallest absolute Gasteiger partial charge is 0.333 e. The molecule has 2 aliphatic heterocycles. The first kappa shape index (κ1) is 32.9. The van der Waals surface area contributed by atoms with Crippen molar-refractivity contribution in [2.75, 3.05) is 4.81 Å². The first-order valence-corrected chi connectivity index (χ1v) is 21.2. The van der Waals surface area contributed by atoms with E-state index in [4.69, 9.17) is 8.83 Å². The Bertz CT molecular complexity index is 3740. The number of anilines is 2. The van der Waals surface area contributed by atoms with E-state index in [-0.39, 0.29) is 17.7 Å². The van der Waals surface area contributed by atoms with Crippen molar-refractivity contribution in [3.63, 3.8) is 0 Å². The molecule has 0 unspecified atom stereocenters. The highest BCUT2D eigenvalue weighted by Gasteiger charge is 2.46. The number of furan rings is 2. The first-order chi connectivity index (χ1) is 29.1. The average molecular weight is 771 g/mol. The molecule has 3 aromatic heterocycles. The molecule has 3 aliphatic rings. The van der Waals surface area contributed by atoms with Crippen molar-refractivity contribution in [3.05, 3.63) is 162 Å². The van der Waals surface area contributed by atoms with Gasteiger partial charge in [-0.2, -0.15) is 0 Å². The summed E-state index contributed by atoms with van der Waals surface area (Å²) in [6, 6.07) is 54.5. The molecule has 60 heavy (non-hydrogen) atoms. The van der Waals surface area contributed by atoms with Crippen LogP contribution in [0.2, 0.25) is 0 Å². The second-order valence-electron chi connectivity index (χ2n) is 18.9. The average Bonchev–Trinajstić information content (AvgIpc) is 3.97. The van der Waals surface area contributed by atoms with Gasteiger partial charge in [0.15, 0.2) is 0 Å². The van der Waals surface area contributed by atoms with Crippen molar-refractivity contribution < 1.29 is 8.83 Å². The van der Waals surface area contributed by atoms with Crippen LogP contribution in [-0.2, 0) is 10.8 Å². The van der Waals surface area contributed by atoms with Gasteiger partial charge >= 0.3 is 6.85 Å². The van der Waals surface area contributed by atoms with Gasteiger partial charge in [0.05, 0.1) is 11.0 Å². The molecule has 0 fully saturated rings. The molecule has 0 N–H and O–H groups in total. The topological polar surface area (TPSA) is 34.5 Å². The van der Waals surface area contributed by atoms with Crippen molar-refractivity contribution in [2.45, 2.75) is 45.4 Å². The van der Waals surface area contributed by atoms with Crippen molar-refractivity contribution >= 4 is 94.8 Å². The third-order valence-corrected chi connectivity index (χ3v) is 14.3. The van der Waals surface area contributed by atoms with E-state index in [0.29, 0.717) is 0 Å². The molecular weight excluding hydrogens is 731 g/mol. The summed E-state index contributed by atoms with van der Waals surface area (Å²) in [6.45, 7) is 11.5. The molecule has 0 saturated carbocycles. The molecule has 0 amide bonds. The summed E-state index contributed by atoms with van der Waals surface area (Å²) in [5.74, 6) is 0. The molecule has 5 heteroatoms. The third kappa shape index (κ3) is 3.98. The molecule has 0 atom stereocenters. The standard InChI is InChI=1S/C55H39BN2O2/c1-54(2,3)30-18-20-31(21-19-30)58-46-27-43-37(32-12-6-9-15-42(32)55(43,4)5)24-38(46)35-22-23-36-39-25-40-33-13-7-10-16-48(33)60-51(40)29-45(39)57-47-26-41-34-14-8-11-17-49(34)59-50(41)28-44(47)56(58)52(35)53(36)57/h6-29H,1-5H3. The summed E-state index contributed by atoms with van der Waals surface area (Å²) < 4.78 is 15.9. The molecule has 8 aromatic carbocycles. The van der Waals surface area contributed by atoms with E-state index in [9.17, 15) is 0 Å². The van der Waals surface area contributed by atoms with Crippen molar-refractivity contribution in [1.82, 2.24) is 4.57 Å². The Hall–Kier alpha value is -6.98. The minimum atomic E-state index is -0.147. The Morgan fingerprint density at radius 2 is 1.18 bits per heavy atom. The monoisotopic (exact) mass is 770 g/mol. The Balaban J connectivity index is 1.16. The van der Waals surface area contributed by atoms with Crippen LogP contribution in [0, 0.1) is 0 Å². The van der Waals surface area contributed by atoms with Gasteiger partial charge in [-0.3, -0.25) is 0 Å². The lowest BCUT2D eigenvalue weighted by Gasteiger charge is -2.42. The summed E-state index contributed by atoms with van der Waals surface area (Å²) in [4.78, 5) is 2.65. The summed E-state index contributed by atoms with van der Waals surface area (Å²) in [7, 11) is 0. The van der Waals surface area contributed by atoms with Crippen molar-refractivity contribution in [3.8, 4) is 27.9 Å². The van der Waals surface area contributed by atoms with Crippen LogP contribution in [0.1, 0.15) is 51.3 Å². The fourth-order valence-corrected chi connectivity index (χ4v) is 11.4. The van der Waals surface area contributed by atoms with Gasteiger partial charge in [-0.15, -0.1) is 0 Å². The fraction of sp³-hybridized carbons (Fsp3) is 0.127. The van der Waals surface area contributed by atoms with Gasteiger partial charge in [0.2, 0.25) is 0 Å². The molecule has 1 aliphatic carbocycles. The van der Waals surface area contributed by atoms with Gasteiger partial charge in [-0.1, -0.05) is 120 Å². The zero-order chi connectivity index (χ0) is 40.0. The van der Waals surface area contributed by atoms with E-state index in [1.54, 1.807) is 0 Å². The summed E-state index contributed by atoms with van der Waals surface area (Å²) in [5, 5.41) is 7.02. The minimum absolute atomic E-state index is 0.0313. The van der Waals surface area contributed by atoms with E-state index < -0.39 is 0 Å².